The highest BCUT2D eigenvalue weighted by Crippen LogP contribution is 2.30. The van der Waals surface area contributed by atoms with Gasteiger partial charge >= 0.3 is 0 Å². The molecule has 1 aromatic carbocycles. The molecule has 1 rings (SSSR count). The van der Waals surface area contributed by atoms with Crippen molar-refractivity contribution in [1.29, 1.82) is 0 Å². The second-order valence-electron chi connectivity index (χ2n) is 7.76. The van der Waals surface area contributed by atoms with E-state index in [4.69, 9.17) is 0 Å². The van der Waals surface area contributed by atoms with Crippen molar-refractivity contribution in [2.24, 2.45) is 5.41 Å². The number of benzene rings is 1. The zero-order chi connectivity index (χ0) is 16.4. The molecule has 0 saturated heterocycles. The lowest BCUT2D eigenvalue weighted by Gasteiger charge is -2.29. The fourth-order valence-corrected chi connectivity index (χ4v) is 5.60. The largest absolute Gasteiger partial charge is 0.387 e. The van der Waals surface area contributed by atoms with E-state index >= 15 is 0 Å². The summed E-state index contributed by atoms with van der Waals surface area (Å²) < 4.78 is 12.9. The average Bonchev–Trinajstić information content (AvgIpc) is 2.33. The summed E-state index contributed by atoms with van der Waals surface area (Å²) in [6, 6.07) is 7.70. The van der Waals surface area contributed by atoms with Gasteiger partial charge in [0.1, 0.15) is 0 Å². The van der Waals surface area contributed by atoms with Crippen LogP contribution in [0, 0.1) is 12.3 Å². The molecule has 0 aliphatic carbocycles. The molecule has 0 aliphatic heterocycles. The Hall–Kier alpha value is -0.713. The van der Waals surface area contributed by atoms with Crippen molar-refractivity contribution in [2.45, 2.75) is 58.3 Å². The molecule has 0 amide bonds. The second kappa shape index (κ2) is 6.59. The molecule has 0 heterocycles. The Morgan fingerprint density at radius 2 is 1.67 bits per heavy atom. The first-order valence-corrected chi connectivity index (χ1v) is 12.0. The van der Waals surface area contributed by atoms with Crippen molar-refractivity contribution in [2.75, 3.05) is 0 Å². The smallest absolute Gasteiger partial charge is 0.0918 e. The van der Waals surface area contributed by atoms with Crippen LogP contribution in [0.3, 0.4) is 0 Å². The van der Waals surface area contributed by atoms with Crippen LogP contribution >= 0.6 is 0 Å². The standard InChI is InChI=1S/C17H28O2SSi/c1-13-8-10-14(11-9-13)20(19)15(12-21(5,6)7)16(18)17(2,3)4/h8-12,16,18H,1-7H3/b15-12+/t16-,20-/m0/s1. The number of aliphatic hydroxyl groups excluding tert-OH is 1. The van der Waals surface area contributed by atoms with E-state index in [-0.39, 0.29) is 5.41 Å². The lowest BCUT2D eigenvalue weighted by Crippen LogP contribution is -2.32. The molecule has 0 fully saturated rings. The van der Waals surface area contributed by atoms with Gasteiger partial charge in [-0.3, -0.25) is 0 Å². The van der Waals surface area contributed by atoms with Crippen LogP contribution in [0.4, 0.5) is 0 Å². The van der Waals surface area contributed by atoms with Gasteiger partial charge in [0.05, 0.1) is 25.0 Å². The Labute approximate surface area is 132 Å². The molecule has 21 heavy (non-hydrogen) atoms. The van der Waals surface area contributed by atoms with Gasteiger partial charge in [-0.05, 0) is 24.5 Å². The molecule has 118 valence electrons. The van der Waals surface area contributed by atoms with Gasteiger partial charge in [0, 0.05) is 9.80 Å². The first kappa shape index (κ1) is 18.3. The molecule has 0 unspecified atom stereocenters. The van der Waals surface area contributed by atoms with Crippen molar-refractivity contribution in [3.8, 4) is 0 Å². The number of rotatable bonds is 4. The van der Waals surface area contributed by atoms with E-state index in [2.05, 4.69) is 25.3 Å². The van der Waals surface area contributed by atoms with Crippen molar-refractivity contribution < 1.29 is 9.32 Å². The Bertz CT molecular complexity index is 533. The van der Waals surface area contributed by atoms with E-state index in [0.29, 0.717) is 4.91 Å². The molecule has 0 saturated carbocycles. The normalized spacial score (nSPS) is 16.7. The van der Waals surface area contributed by atoms with Gasteiger partial charge in [0.15, 0.2) is 0 Å². The second-order valence-corrected chi connectivity index (χ2v) is 14.3. The van der Waals surface area contributed by atoms with Crippen LogP contribution in [-0.2, 0) is 10.8 Å². The van der Waals surface area contributed by atoms with Crippen molar-refractivity contribution >= 4 is 18.9 Å². The lowest BCUT2D eigenvalue weighted by atomic mass is 9.89. The van der Waals surface area contributed by atoms with Gasteiger partial charge in [-0.15, -0.1) is 0 Å². The molecule has 1 aromatic rings. The summed E-state index contributed by atoms with van der Waals surface area (Å²) >= 11 is 0. The Kier molecular flexibility index (Phi) is 5.75. The van der Waals surface area contributed by atoms with Gasteiger partial charge < -0.3 is 5.11 Å². The van der Waals surface area contributed by atoms with Gasteiger partial charge in [-0.25, -0.2) is 4.21 Å². The van der Waals surface area contributed by atoms with E-state index in [1.165, 1.54) is 0 Å². The average molecular weight is 325 g/mol. The van der Waals surface area contributed by atoms with Crippen molar-refractivity contribution in [3.05, 3.63) is 40.4 Å². The molecule has 0 aromatic heterocycles. The summed E-state index contributed by atoms with van der Waals surface area (Å²) in [5, 5.41) is 10.7. The van der Waals surface area contributed by atoms with E-state index < -0.39 is 25.0 Å². The fourth-order valence-electron chi connectivity index (χ4n) is 1.89. The predicted octanol–water partition coefficient (Wildman–Crippen LogP) is 4.27. The third-order valence-electron chi connectivity index (χ3n) is 3.11. The summed E-state index contributed by atoms with van der Waals surface area (Å²) in [4.78, 5) is 1.42. The van der Waals surface area contributed by atoms with Crippen LogP contribution < -0.4 is 0 Å². The number of hydrogen-bond donors (Lipinski definition) is 1. The summed E-state index contributed by atoms with van der Waals surface area (Å²) in [7, 11) is -2.89. The highest BCUT2D eigenvalue weighted by Gasteiger charge is 2.31. The van der Waals surface area contributed by atoms with Crippen LogP contribution in [0.2, 0.25) is 19.6 Å². The molecule has 0 spiro atoms. The maximum absolute atomic E-state index is 12.9. The van der Waals surface area contributed by atoms with E-state index in [9.17, 15) is 9.32 Å². The highest BCUT2D eigenvalue weighted by atomic mass is 32.2. The third kappa shape index (κ3) is 5.53. The summed E-state index contributed by atoms with van der Waals surface area (Å²) in [6.45, 7) is 14.5. The number of aryl methyl sites for hydroxylation is 1. The molecular formula is C17H28O2SSi. The molecule has 2 nitrogen and oxygen atoms in total. The molecule has 1 N–H and O–H groups in total. The topological polar surface area (TPSA) is 37.3 Å². The zero-order valence-corrected chi connectivity index (χ0v) is 16.0. The fraction of sp³-hybridized carbons (Fsp3) is 0.529. The van der Waals surface area contributed by atoms with Gasteiger partial charge in [-0.2, -0.15) is 0 Å². The number of aliphatic hydroxyl groups is 1. The first-order chi connectivity index (χ1) is 9.42. The van der Waals surface area contributed by atoms with Gasteiger partial charge in [-0.1, -0.05) is 63.8 Å². The third-order valence-corrected chi connectivity index (χ3v) is 5.97. The van der Waals surface area contributed by atoms with Gasteiger partial charge in [0.25, 0.3) is 0 Å². The maximum atomic E-state index is 12.9. The molecule has 0 bridgehead atoms. The van der Waals surface area contributed by atoms with Crippen LogP contribution in [0.25, 0.3) is 0 Å². The zero-order valence-electron chi connectivity index (χ0n) is 14.2. The van der Waals surface area contributed by atoms with E-state index in [1.807, 2.05) is 52.0 Å². The van der Waals surface area contributed by atoms with E-state index in [1.54, 1.807) is 0 Å². The Morgan fingerprint density at radius 1 is 1.19 bits per heavy atom. The Balaban J connectivity index is 3.28. The first-order valence-electron chi connectivity index (χ1n) is 7.31. The van der Waals surface area contributed by atoms with Crippen LogP contribution in [0.5, 0.6) is 0 Å². The summed E-state index contributed by atoms with van der Waals surface area (Å²) in [6.07, 6.45) is -0.702. The van der Waals surface area contributed by atoms with E-state index in [0.717, 1.165) is 10.5 Å². The molecule has 0 aliphatic rings. The minimum absolute atomic E-state index is 0.328. The van der Waals surface area contributed by atoms with Gasteiger partial charge in [0.2, 0.25) is 0 Å². The van der Waals surface area contributed by atoms with Crippen molar-refractivity contribution in [3.63, 3.8) is 0 Å². The minimum Gasteiger partial charge on any atom is -0.387 e. The maximum Gasteiger partial charge on any atom is 0.0918 e. The Morgan fingerprint density at radius 3 is 2.05 bits per heavy atom. The monoisotopic (exact) mass is 324 g/mol. The lowest BCUT2D eigenvalue weighted by molar-refractivity contribution is 0.102. The number of hydrogen-bond acceptors (Lipinski definition) is 2. The predicted molar refractivity (Wildman–Crippen MR) is 94.5 cm³/mol. The highest BCUT2D eigenvalue weighted by molar-refractivity contribution is 7.89. The van der Waals surface area contributed by atoms with Crippen molar-refractivity contribution in [1.82, 2.24) is 0 Å². The summed E-state index contributed by atoms with van der Waals surface area (Å²) in [5.74, 6) is 0. The summed E-state index contributed by atoms with van der Waals surface area (Å²) in [5.41, 5.74) is 2.90. The quantitative estimate of drug-likeness (QED) is 0.840. The van der Waals surface area contributed by atoms with Crippen LogP contribution in [0.15, 0.2) is 39.8 Å². The van der Waals surface area contributed by atoms with Crippen LogP contribution in [0.1, 0.15) is 26.3 Å². The minimum atomic E-state index is -1.58. The molecule has 2 atom stereocenters. The SMILES string of the molecule is Cc1ccc([S@](=O)/C(=C/[Si](C)(C)C)[C@H](O)C(C)(C)C)cc1. The van der Waals surface area contributed by atoms with Crippen LogP contribution in [-0.4, -0.2) is 23.5 Å². The molecule has 0 radical (unpaired) electrons. The molecular weight excluding hydrogens is 296 g/mol. The molecule has 4 heteroatoms.